The van der Waals surface area contributed by atoms with Crippen LogP contribution in [-0.2, 0) is 10.0 Å². The molecule has 0 radical (unpaired) electrons. The van der Waals surface area contributed by atoms with E-state index in [4.69, 9.17) is 4.52 Å². The molecule has 0 aliphatic heterocycles. The Hall–Kier alpha value is -2.17. The molecule has 0 amide bonds. The second-order valence-corrected chi connectivity index (χ2v) is 5.96. The minimum absolute atomic E-state index is 0.00944. The van der Waals surface area contributed by atoms with Gasteiger partial charge in [-0.05, 0) is 26.0 Å². The molecule has 0 aliphatic carbocycles. The first-order valence-corrected chi connectivity index (χ1v) is 7.56. The molecule has 110 valence electrons. The van der Waals surface area contributed by atoms with Crippen LogP contribution in [0.25, 0.3) is 0 Å². The Bertz CT molecular complexity index is 797. The third-order valence-electron chi connectivity index (χ3n) is 2.68. The van der Waals surface area contributed by atoms with Crippen LogP contribution in [0.3, 0.4) is 0 Å². The summed E-state index contributed by atoms with van der Waals surface area (Å²) in [5, 5.41) is 3.59. The summed E-state index contributed by atoms with van der Waals surface area (Å²) in [7, 11) is -3.75. The van der Waals surface area contributed by atoms with Gasteiger partial charge in [0.05, 0.1) is 12.1 Å². The van der Waals surface area contributed by atoms with E-state index in [9.17, 15) is 12.8 Å². The van der Waals surface area contributed by atoms with Crippen molar-refractivity contribution in [2.75, 3.05) is 6.54 Å². The monoisotopic (exact) mass is 308 g/mol. The zero-order chi connectivity index (χ0) is 15.5. The molecule has 0 atom stereocenters. The number of halogens is 1. The Morgan fingerprint density at radius 3 is 2.67 bits per heavy atom. The molecular weight excluding hydrogens is 295 g/mol. The maximum Gasteiger partial charge on any atom is 0.246 e. The van der Waals surface area contributed by atoms with E-state index >= 15 is 0 Å². The van der Waals surface area contributed by atoms with Gasteiger partial charge in [-0.3, -0.25) is 0 Å². The van der Waals surface area contributed by atoms with Crippen LogP contribution in [0.1, 0.15) is 17.0 Å². The summed E-state index contributed by atoms with van der Waals surface area (Å²) in [6, 6.07) is 6.02. The zero-order valence-electron chi connectivity index (χ0n) is 11.5. The Kier molecular flexibility index (Phi) is 4.40. The molecule has 1 heterocycles. The zero-order valence-corrected chi connectivity index (χ0v) is 12.3. The van der Waals surface area contributed by atoms with E-state index in [-0.39, 0.29) is 28.5 Å². The Balaban J connectivity index is 2.10. The quantitative estimate of drug-likeness (QED) is 0.877. The fourth-order valence-corrected chi connectivity index (χ4v) is 3.01. The molecule has 1 aromatic carbocycles. The van der Waals surface area contributed by atoms with Gasteiger partial charge < -0.3 is 4.52 Å². The topological polar surface area (TPSA) is 72.2 Å². The first-order chi connectivity index (χ1) is 9.92. The SMILES string of the molecule is Cc1noc(C)c1S(=O)(=O)NCC#Cc1ccccc1F. The van der Waals surface area contributed by atoms with Gasteiger partial charge in [-0.2, -0.15) is 4.72 Å². The van der Waals surface area contributed by atoms with Crippen LogP contribution in [0.15, 0.2) is 33.7 Å². The van der Waals surface area contributed by atoms with Crippen LogP contribution < -0.4 is 4.72 Å². The van der Waals surface area contributed by atoms with Gasteiger partial charge in [0, 0.05) is 0 Å². The molecule has 2 rings (SSSR count). The van der Waals surface area contributed by atoms with Crippen LogP contribution >= 0.6 is 0 Å². The van der Waals surface area contributed by atoms with Gasteiger partial charge in [-0.1, -0.05) is 29.1 Å². The minimum Gasteiger partial charge on any atom is -0.360 e. The maximum atomic E-state index is 13.3. The van der Waals surface area contributed by atoms with E-state index in [2.05, 4.69) is 21.7 Å². The number of sulfonamides is 1. The molecule has 0 saturated carbocycles. The molecule has 7 heteroatoms. The summed E-state index contributed by atoms with van der Waals surface area (Å²) in [6.07, 6.45) is 0. The molecular formula is C14H13FN2O3S. The summed E-state index contributed by atoms with van der Waals surface area (Å²) in [5.41, 5.74) is 0.496. The molecule has 2 aromatic rings. The van der Waals surface area contributed by atoms with Crippen molar-refractivity contribution in [3.63, 3.8) is 0 Å². The Morgan fingerprint density at radius 1 is 1.33 bits per heavy atom. The fourth-order valence-electron chi connectivity index (χ4n) is 1.76. The van der Waals surface area contributed by atoms with E-state index in [0.717, 1.165) is 0 Å². The highest BCUT2D eigenvalue weighted by molar-refractivity contribution is 7.89. The number of nitrogens with zero attached hydrogens (tertiary/aromatic N) is 1. The van der Waals surface area contributed by atoms with Gasteiger partial charge in [-0.25, -0.2) is 12.8 Å². The largest absolute Gasteiger partial charge is 0.360 e. The van der Waals surface area contributed by atoms with Crippen molar-refractivity contribution in [2.45, 2.75) is 18.7 Å². The first-order valence-electron chi connectivity index (χ1n) is 6.08. The number of nitrogens with one attached hydrogen (secondary N) is 1. The average molecular weight is 308 g/mol. The number of aromatic nitrogens is 1. The number of benzene rings is 1. The molecule has 21 heavy (non-hydrogen) atoms. The Morgan fingerprint density at radius 2 is 2.05 bits per heavy atom. The van der Waals surface area contributed by atoms with Gasteiger partial charge in [-0.15, -0.1) is 0 Å². The minimum atomic E-state index is -3.75. The summed E-state index contributed by atoms with van der Waals surface area (Å²) in [5.74, 6) is 4.90. The summed E-state index contributed by atoms with van der Waals surface area (Å²) in [6.45, 7) is 2.91. The van der Waals surface area contributed by atoms with E-state index in [1.165, 1.54) is 26.0 Å². The average Bonchev–Trinajstić information content (AvgIpc) is 2.77. The highest BCUT2D eigenvalue weighted by Crippen LogP contribution is 2.18. The van der Waals surface area contributed by atoms with Crippen molar-refractivity contribution in [3.8, 4) is 11.8 Å². The molecule has 0 spiro atoms. The first kappa shape index (κ1) is 15.2. The standard InChI is InChI=1S/C14H13FN2O3S/c1-10-14(11(2)20-17-10)21(18,19)16-9-5-7-12-6-3-4-8-13(12)15/h3-4,6,8,16H,9H2,1-2H3. The van der Waals surface area contributed by atoms with E-state index in [1.54, 1.807) is 12.1 Å². The molecule has 0 unspecified atom stereocenters. The summed E-state index contributed by atoms with van der Waals surface area (Å²) in [4.78, 5) is 0.00944. The van der Waals surface area contributed by atoms with Gasteiger partial charge in [0.25, 0.3) is 0 Å². The lowest BCUT2D eigenvalue weighted by Gasteiger charge is -2.02. The normalized spacial score (nSPS) is 11.0. The lowest BCUT2D eigenvalue weighted by molar-refractivity contribution is 0.390. The van der Waals surface area contributed by atoms with Gasteiger partial charge in [0.15, 0.2) is 5.76 Å². The second-order valence-electron chi connectivity index (χ2n) is 4.26. The van der Waals surface area contributed by atoms with Gasteiger partial charge >= 0.3 is 0 Å². The van der Waals surface area contributed by atoms with Crippen molar-refractivity contribution < 1.29 is 17.3 Å². The molecule has 0 aliphatic rings. The number of aryl methyl sites for hydroxylation is 2. The van der Waals surface area contributed by atoms with Crippen molar-refractivity contribution in [1.29, 1.82) is 0 Å². The van der Waals surface area contributed by atoms with Crippen LogP contribution in [0.4, 0.5) is 4.39 Å². The smallest absolute Gasteiger partial charge is 0.246 e. The van der Waals surface area contributed by atoms with Crippen LogP contribution in [-0.4, -0.2) is 20.1 Å². The lowest BCUT2D eigenvalue weighted by Crippen LogP contribution is -2.25. The van der Waals surface area contributed by atoms with E-state index < -0.39 is 15.8 Å². The number of rotatable bonds is 3. The Labute approximate surface area is 122 Å². The van der Waals surface area contributed by atoms with Crippen LogP contribution in [0, 0.1) is 31.5 Å². The molecule has 0 bridgehead atoms. The van der Waals surface area contributed by atoms with Gasteiger partial charge in [0.2, 0.25) is 10.0 Å². The molecule has 1 N–H and O–H groups in total. The predicted octanol–water partition coefficient (Wildman–Crippen LogP) is 1.76. The third kappa shape index (κ3) is 3.48. The summed E-state index contributed by atoms with van der Waals surface area (Å²) >= 11 is 0. The van der Waals surface area contributed by atoms with Crippen molar-refractivity contribution in [3.05, 3.63) is 47.1 Å². The highest BCUT2D eigenvalue weighted by Gasteiger charge is 2.23. The molecule has 1 aromatic heterocycles. The maximum absolute atomic E-state index is 13.3. The molecule has 5 nitrogen and oxygen atoms in total. The molecule has 0 fully saturated rings. The van der Waals surface area contributed by atoms with Crippen molar-refractivity contribution in [2.24, 2.45) is 0 Å². The van der Waals surface area contributed by atoms with Gasteiger partial charge in [0.1, 0.15) is 16.4 Å². The number of hydrogen-bond acceptors (Lipinski definition) is 4. The van der Waals surface area contributed by atoms with E-state index in [1.807, 2.05) is 0 Å². The summed E-state index contributed by atoms with van der Waals surface area (Å²) < 4.78 is 44.6. The number of hydrogen-bond donors (Lipinski definition) is 1. The molecule has 0 saturated heterocycles. The van der Waals surface area contributed by atoms with Crippen molar-refractivity contribution >= 4 is 10.0 Å². The lowest BCUT2D eigenvalue weighted by atomic mass is 10.2. The van der Waals surface area contributed by atoms with Crippen LogP contribution in [0.2, 0.25) is 0 Å². The fraction of sp³-hybridized carbons (Fsp3) is 0.214. The third-order valence-corrected chi connectivity index (χ3v) is 4.33. The highest BCUT2D eigenvalue weighted by atomic mass is 32.2. The second kappa shape index (κ2) is 6.08. The van der Waals surface area contributed by atoms with E-state index in [0.29, 0.717) is 0 Å². The van der Waals surface area contributed by atoms with Crippen LogP contribution in [0.5, 0.6) is 0 Å². The van der Waals surface area contributed by atoms with Crippen molar-refractivity contribution in [1.82, 2.24) is 9.88 Å². The predicted molar refractivity (Wildman–Crippen MR) is 74.4 cm³/mol.